The van der Waals surface area contributed by atoms with Crippen molar-refractivity contribution in [1.29, 1.82) is 0 Å². The SMILES string of the molecule is O=C(Nc1ccc(F)c(F)c1F)c1ccc(-c2nnc3ncccn23)cc1. The lowest BCUT2D eigenvalue weighted by Crippen LogP contribution is -2.13. The number of amides is 1. The average molecular weight is 369 g/mol. The van der Waals surface area contributed by atoms with E-state index < -0.39 is 29.0 Å². The molecule has 0 fully saturated rings. The summed E-state index contributed by atoms with van der Waals surface area (Å²) in [4.78, 5) is 16.3. The standard InChI is InChI=1S/C18H10F3N5O/c19-12-6-7-13(15(21)14(12)20)23-17(27)11-4-2-10(3-5-11)16-24-25-18-22-8-1-9-26(16)18/h1-9H,(H,23,27). The van der Waals surface area contributed by atoms with Gasteiger partial charge in [0.25, 0.3) is 11.7 Å². The van der Waals surface area contributed by atoms with Crippen LogP contribution in [0.25, 0.3) is 17.2 Å². The van der Waals surface area contributed by atoms with Crippen LogP contribution < -0.4 is 5.32 Å². The lowest BCUT2D eigenvalue weighted by atomic mass is 10.1. The molecule has 0 saturated carbocycles. The van der Waals surface area contributed by atoms with Crippen molar-refractivity contribution in [3.8, 4) is 11.4 Å². The summed E-state index contributed by atoms with van der Waals surface area (Å²) in [6.07, 6.45) is 3.35. The third-order valence-electron chi connectivity index (χ3n) is 3.88. The van der Waals surface area contributed by atoms with Gasteiger partial charge in [-0.1, -0.05) is 12.1 Å². The molecule has 0 radical (unpaired) electrons. The Labute approximate surface area is 150 Å². The molecule has 0 aliphatic heterocycles. The van der Waals surface area contributed by atoms with E-state index in [2.05, 4.69) is 20.5 Å². The van der Waals surface area contributed by atoms with Crippen LogP contribution in [0.5, 0.6) is 0 Å². The lowest BCUT2D eigenvalue weighted by Gasteiger charge is -2.08. The van der Waals surface area contributed by atoms with Gasteiger partial charge in [-0.15, -0.1) is 10.2 Å². The Bertz CT molecular complexity index is 1160. The molecule has 0 unspecified atom stereocenters. The first kappa shape index (κ1) is 16.7. The Morgan fingerprint density at radius 3 is 2.52 bits per heavy atom. The van der Waals surface area contributed by atoms with Crippen molar-refractivity contribution >= 4 is 17.4 Å². The second-order valence-electron chi connectivity index (χ2n) is 5.57. The van der Waals surface area contributed by atoms with E-state index in [1.807, 2.05) is 0 Å². The molecule has 134 valence electrons. The monoisotopic (exact) mass is 369 g/mol. The molecule has 4 aromatic rings. The van der Waals surface area contributed by atoms with Crippen LogP contribution in [0.15, 0.2) is 54.9 Å². The van der Waals surface area contributed by atoms with E-state index in [-0.39, 0.29) is 5.56 Å². The molecular formula is C18H10F3N5O. The summed E-state index contributed by atoms with van der Waals surface area (Å²) >= 11 is 0. The van der Waals surface area contributed by atoms with Gasteiger partial charge in [0.1, 0.15) is 0 Å². The number of benzene rings is 2. The topological polar surface area (TPSA) is 72.2 Å². The summed E-state index contributed by atoms with van der Waals surface area (Å²) in [5.74, 6) is -4.12. The molecule has 0 bridgehead atoms. The number of halogens is 3. The number of rotatable bonds is 3. The van der Waals surface area contributed by atoms with Crippen molar-refractivity contribution in [2.75, 3.05) is 5.32 Å². The average Bonchev–Trinajstić information content (AvgIpc) is 3.12. The number of anilines is 1. The van der Waals surface area contributed by atoms with Crippen molar-refractivity contribution in [2.45, 2.75) is 0 Å². The molecule has 27 heavy (non-hydrogen) atoms. The van der Waals surface area contributed by atoms with Crippen molar-refractivity contribution in [3.63, 3.8) is 0 Å². The summed E-state index contributed by atoms with van der Waals surface area (Å²) in [7, 11) is 0. The summed E-state index contributed by atoms with van der Waals surface area (Å²) in [6.45, 7) is 0. The van der Waals surface area contributed by atoms with Gasteiger partial charge in [0, 0.05) is 23.5 Å². The first-order valence-electron chi connectivity index (χ1n) is 7.75. The molecule has 0 spiro atoms. The molecular weight excluding hydrogens is 359 g/mol. The number of carbonyl (C=O) groups is 1. The van der Waals surface area contributed by atoms with Gasteiger partial charge in [-0.25, -0.2) is 18.2 Å². The summed E-state index contributed by atoms with van der Waals surface area (Å²) in [5.41, 5.74) is 0.443. The minimum atomic E-state index is -1.64. The maximum absolute atomic E-state index is 13.7. The van der Waals surface area contributed by atoms with Gasteiger partial charge in [0.05, 0.1) is 5.69 Å². The lowest BCUT2D eigenvalue weighted by molar-refractivity contribution is 0.102. The third kappa shape index (κ3) is 2.99. The number of hydrogen-bond donors (Lipinski definition) is 1. The molecule has 0 aliphatic carbocycles. The molecule has 1 N–H and O–H groups in total. The Morgan fingerprint density at radius 2 is 1.74 bits per heavy atom. The highest BCUT2D eigenvalue weighted by Crippen LogP contribution is 2.22. The Balaban J connectivity index is 1.59. The fourth-order valence-electron chi connectivity index (χ4n) is 2.53. The van der Waals surface area contributed by atoms with E-state index in [1.54, 1.807) is 35.0 Å². The van der Waals surface area contributed by atoms with Gasteiger partial charge in [-0.3, -0.25) is 9.20 Å². The maximum Gasteiger partial charge on any atom is 0.255 e. The summed E-state index contributed by atoms with van der Waals surface area (Å²) in [5, 5.41) is 10.2. The fourth-order valence-corrected chi connectivity index (χ4v) is 2.53. The van der Waals surface area contributed by atoms with Crippen LogP contribution in [0.3, 0.4) is 0 Å². The van der Waals surface area contributed by atoms with Crippen molar-refractivity contribution in [2.24, 2.45) is 0 Å². The Morgan fingerprint density at radius 1 is 0.963 bits per heavy atom. The molecule has 2 aromatic carbocycles. The number of fused-ring (bicyclic) bond motifs is 1. The Kier molecular flexibility index (Phi) is 4.03. The van der Waals surface area contributed by atoms with Crippen molar-refractivity contribution in [3.05, 3.63) is 77.9 Å². The van der Waals surface area contributed by atoms with E-state index in [1.165, 1.54) is 12.1 Å². The second-order valence-corrected chi connectivity index (χ2v) is 5.57. The van der Waals surface area contributed by atoms with Crippen molar-refractivity contribution in [1.82, 2.24) is 19.6 Å². The minimum Gasteiger partial charge on any atom is -0.319 e. The van der Waals surface area contributed by atoms with Crippen LogP contribution in [0, 0.1) is 17.5 Å². The number of aromatic nitrogens is 4. The van der Waals surface area contributed by atoms with Crippen molar-refractivity contribution < 1.29 is 18.0 Å². The highest BCUT2D eigenvalue weighted by molar-refractivity contribution is 6.04. The Hall–Kier alpha value is -3.75. The van der Waals surface area contributed by atoms with Gasteiger partial charge in [0.15, 0.2) is 23.3 Å². The van der Waals surface area contributed by atoms with Crippen LogP contribution in [0.4, 0.5) is 18.9 Å². The zero-order valence-electron chi connectivity index (χ0n) is 13.5. The fraction of sp³-hybridized carbons (Fsp3) is 0. The zero-order valence-corrected chi connectivity index (χ0v) is 13.5. The molecule has 4 rings (SSSR count). The third-order valence-corrected chi connectivity index (χ3v) is 3.88. The largest absolute Gasteiger partial charge is 0.319 e. The number of hydrogen-bond acceptors (Lipinski definition) is 4. The first-order chi connectivity index (χ1) is 13.0. The zero-order chi connectivity index (χ0) is 19.0. The second kappa shape index (κ2) is 6.52. The molecule has 0 atom stereocenters. The molecule has 9 heteroatoms. The van der Waals surface area contributed by atoms with E-state index in [9.17, 15) is 18.0 Å². The van der Waals surface area contributed by atoms with Crippen LogP contribution in [-0.4, -0.2) is 25.5 Å². The predicted molar refractivity (Wildman–Crippen MR) is 90.5 cm³/mol. The first-order valence-corrected chi connectivity index (χ1v) is 7.75. The molecule has 2 aromatic heterocycles. The summed E-state index contributed by atoms with van der Waals surface area (Å²) in [6, 6.07) is 9.70. The normalized spacial score (nSPS) is 10.9. The number of nitrogens with one attached hydrogen (secondary N) is 1. The highest BCUT2D eigenvalue weighted by Gasteiger charge is 2.16. The quantitative estimate of drug-likeness (QED) is 0.562. The smallest absolute Gasteiger partial charge is 0.255 e. The van der Waals surface area contributed by atoms with Crippen LogP contribution in [0.1, 0.15) is 10.4 Å². The molecule has 1 amide bonds. The van der Waals surface area contributed by atoms with Crippen LogP contribution in [-0.2, 0) is 0 Å². The van der Waals surface area contributed by atoms with Crippen LogP contribution in [0.2, 0.25) is 0 Å². The van der Waals surface area contributed by atoms with Crippen LogP contribution >= 0.6 is 0 Å². The molecule has 0 aliphatic rings. The predicted octanol–water partition coefficient (Wildman–Crippen LogP) is 3.46. The van der Waals surface area contributed by atoms with Gasteiger partial charge in [0.2, 0.25) is 0 Å². The van der Waals surface area contributed by atoms with Gasteiger partial charge in [-0.05, 0) is 30.3 Å². The highest BCUT2D eigenvalue weighted by atomic mass is 19.2. The number of carbonyl (C=O) groups excluding carboxylic acids is 1. The maximum atomic E-state index is 13.7. The summed E-state index contributed by atoms with van der Waals surface area (Å²) < 4.78 is 41.6. The molecule has 0 saturated heterocycles. The van der Waals surface area contributed by atoms with Gasteiger partial charge in [-0.2, -0.15) is 0 Å². The van der Waals surface area contributed by atoms with Gasteiger partial charge >= 0.3 is 0 Å². The molecule has 2 heterocycles. The molecule has 6 nitrogen and oxygen atoms in total. The van der Waals surface area contributed by atoms with E-state index >= 15 is 0 Å². The number of nitrogens with zero attached hydrogens (tertiary/aromatic N) is 4. The minimum absolute atomic E-state index is 0.204. The van der Waals surface area contributed by atoms with E-state index in [0.29, 0.717) is 17.2 Å². The van der Waals surface area contributed by atoms with E-state index in [4.69, 9.17) is 0 Å². The van der Waals surface area contributed by atoms with Gasteiger partial charge < -0.3 is 5.32 Å². The van der Waals surface area contributed by atoms with E-state index in [0.717, 1.165) is 12.1 Å².